The number of aryl methyl sites for hydroxylation is 1. The second-order valence-electron chi connectivity index (χ2n) is 9.88. The first-order valence-corrected chi connectivity index (χ1v) is 11.1. The molecule has 4 fully saturated rings. The van der Waals surface area contributed by atoms with Crippen molar-refractivity contribution in [1.29, 1.82) is 0 Å². The molecule has 0 N–H and O–H groups in total. The van der Waals surface area contributed by atoms with E-state index in [9.17, 15) is 9.59 Å². The standard InChI is InChI=1S/C22H32N4O3/c1-16-13-17(23-29-16)19(27)25-11-7-21(8-12-25)5-6-22(15-24(2)14-18(21)22)20(28)26-9-3-4-10-26/h13,18H,3-12,14-15H2,1-2H3/t18-,22+/m0/s1. The summed E-state index contributed by atoms with van der Waals surface area (Å²) in [5.74, 6) is 1.46. The highest BCUT2D eigenvalue weighted by atomic mass is 16.5. The lowest BCUT2D eigenvalue weighted by Gasteiger charge is -2.44. The molecule has 0 unspecified atom stereocenters. The van der Waals surface area contributed by atoms with Gasteiger partial charge in [0.25, 0.3) is 5.91 Å². The van der Waals surface area contributed by atoms with Crippen LogP contribution in [0, 0.1) is 23.7 Å². The third-order valence-corrected chi connectivity index (χ3v) is 8.23. The van der Waals surface area contributed by atoms with Crippen LogP contribution in [0.3, 0.4) is 0 Å². The molecular formula is C22H32N4O3. The van der Waals surface area contributed by atoms with Gasteiger partial charge in [-0.3, -0.25) is 9.59 Å². The molecule has 0 radical (unpaired) electrons. The number of amides is 2. The fourth-order valence-electron chi connectivity index (χ4n) is 6.76. The highest BCUT2D eigenvalue weighted by Crippen LogP contribution is 2.62. The summed E-state index contributed by atoms with van der Waals surface area (Å²) in [6.07, 6.45) is 6.40. The number of carbonyl (C=O) groups is 2. The van der Waals surface area contributed by atoms with E-state index in [0.717, 1.165) is 77.8 Å². The van der Waals surface area contributed by atoms with Crippen molar-refractivity contribution in [2.75, 3.05) is 46.3 Å². The summed E-state index contributed by atoms with van der Waals surface area (Å²) in [5.41, 5.74) is 0.398. The first-order valence-electron chi connectivity index (χ1n) is 11.1. The summed E-state index contributed by atoms with van der Waals surface area (Å²) in [7, 11) is 2.16. The maximum atomic E-state index is 13.6. The van der Waals surface area contributed by atoms with Crippen molar-refractivity contribution < 1.29 is 14.1 Å². The fourth-order valence-corrected chi connectivity index (χ4v) is 6.76. The van der Waals surface area contributed by atoms with Gasteiger partial charge in [0.2, 0.25) is 5.91 Å². The highest BCUT2D eigenvalue weighted by Gasteiger charge is 2.64. The van der Waals surface area contributed by atoms with Gasteiger partial charge in [-0.1, -0.05) is 5.16 Å². The van der Waals surface area contributed by atoms with Crippen molar-refractivity contribution in [3.8, 4) is 0 Å². The van der Waals surface area contributed by atoms with Gasteiger partial charge in [0.05, 0.1) is 5.41 Å². The van der Waals surface area contributed by atoms with Crippen LogP contribution < -0.4 is 0 Å². The zero-order valence-electron chi connectivity index (χ0n) is 17.7. The van der Waals surface area contributed by atoms with E-state index in [1.54, 1.807) is 13.0 Å². The number of fused-ring (bicyclic) bond motifs is 2. The number of carbonyl (C=O) groups excluding carboxylic acids is 2. The maximum Gasteiger partial charge on any atom is 0.276 e. The first-order chi connectivity index (χ1) is 13.9. The van der Waals surface area contributed by atoms with E-state index in [-0.39, 0.29) is 16.7 Å². The molecule has 4 heterocycles. The van der Waals surface area contributed by atoms with Crippen molar-refractivity contribution in [3.05, 3.63) is 17.5 Å². The summed E-state index contributed by atoms with van der Waals surface area (Å²) in [6, 6.07) is 1.72. The predicted molar refractivity (Wildman–Crippen MR) is 107 cm³/mol. The molecule has 3 aliphatic heterocycles. The second kappa shape index (κ2) is 6.83. The monoisotopic (exact) mass is 400 g/mol. The number of hydrogen-bond acceptors (Lipinski definition) is 5. The molecule has 0 aromatic carbocycles. The lowest BCUT2D eigenvalue weighted by atomic mass is 9.65. The lowest BCUT2D eigenvalue weighted by molar-refractivity contribution is -0.142. The number of piperidine rings is 1. The Morgan fingerprint density at radius 3 is 2.45 bits per heavy atom. The third kappa shape index (κ3) is 2.92. The second-order valence-corrected chi connectivity index (χ2v) is 9.88. The van der Waals surface area contributed by atoms with Crippen LogP contribution in [0.15, 0.2) is 10.6 Å². The summed E-state index contributed by atoms with van der Waals surface area (Å²) in [5, 5.41) is 3.90. The van der Waals surface area contributed by atoms with E-state index >= 15 is 0 Å². The molecule has 1 aliphatic carbocycles. The molecule has 4 aliphatic rings. The molecule has 1 spiro atoms. The average Bonchev–Trinajstić information content (AvgIpc) is 3.49. The Balaban J connectivity index is 1.33. The van der Waals surface area contributed by atoms with Crippen LogP contribution in [-0.2, 0) is 4.79 Å². The minimum Gasteiger partial charge on any atom is -0.361 e. The van der Waals surface area contributed by atoms with E-state index in [4.69, 9.17) is 4.52 Å². The predicted octanol–water partition coefficient (Wildman–Crippen LogP) is 2.17. The number of rotatable bonds is 2. The Labute approximate surface area is 172 Å². The molecule has 29 heavy (non-hydrogen) atoms. The molecule has 2 amide bonds. The van der Waals surface area contributed by atoms with Gasteiger partial charge in [0.15, 0.2) is 5.69 Å². The van der Waals surface area contributed by atoms with Crippen LogP contribution in [-0.4, -0.2) is 78.0 Å². The Morgan fingerprint density at radius 1 is 1.07 bits per heavy atom. The maximum absolute atomic E-state index is 13.6. The van der Waals surface area contributed by atoms with Gasteiger partial charge in [0.1, 0.15) is 5.76 Å². The number of aromatic nitrogens is 1. The van der Waals surface area contributed by atoms with Crippen LogP contribution in [0.25, 0.3) is 0 Å². The van der Waals surface area contributed by atoms with Gasteiger partial charge in [-0.25, -0.2) is 0 Å². The quantitative estimate of drug-likeness (QED) is 0.761. The van der Waals surface area contributed by atoms with Crippen molar-refractivity contribution in [3.63, 3.8) is 0 Å². The van der Waals surface area contributed by atoms with Gasteiger partial charge in [0, 0.05) is 45.3 Å². The molecule has 1 aromatic heterocycles. The normalized spacial score (nSPS) is 31.6. The molecule has 0 bridgehead atoms. The Kier molecular flexibility index (Phi) is 4.49. The van der Waals surface area contributed by atoms with E-state index < -0.39 is 0 Å². The molecule has 5 rings (SSSR count). The minimum atomic E-state index is -0.200. The molecule has 3 saturated heterocycles. The lowest BCUT2D eigenvalue weighted by Crippen LogP contribution is -2.50. The van der Waals surface area contributed by atoms with Gasteiger partial charge in [-0.05, 0) is 63.8 Å². The topological polar surface area (TPSA) is 69.9 Å². The largest absolute Gasteiger partial charge is 0.361 e. The van der Waals surface area contributed by atoms with Gasteiger partial charge in [-0.2, -0.15) is 0 Å². The minimum absolute atomic E-state index is 0.0300. The van der Waals surface area contributed by atoms with Crippen LogP contribution in [0.2, 0.25) is 0 Å². The molecule has 1 aromatic rings. The van der Waals surface area contributed by atoms with Crippen LogP contribution in [0.5, 0.6) is 0 Å². The van der Waals surface area contributed by atoms with Crippen molar-refractivity contribution >= 4 is 11.8 Å². The fraction of sp³-hybridized carbons (Fsp3) is 0.773. The Bertz CT molecular complexity index is 807. The van der Waals surface area contributed by atoms with E-state index in [0.29, 0.717) is 23.3 Å². The third-order valence-electron chi connectivity index (χ3n) is 8.23. The molecule has 7 nitrogen and oxygen atoms in total. The van der Waals surface area contributed by atoms with E-state index in [1.165, 1.54) is 0 Å². The SMILES string of the molecule is Cc1cc(C(=O)N2CCC3(CC2)CC[C@@]2(C(=O)N4CCCC4)CN(C)C[C@@H]32)no1. The smallest absolute Gasteiger partial charge is 0.276 e. The van der Waals surface area contributed by atoms with Gasteiger partial charge < -0.3 is 19.2 Å². The van der Waals surface area contributed by atoms with Crippen LogP contribution >= 0.6 is 0 Å². The molecule has 7 heteroatoms. The van der Waals surface area contributed by atoms with Gasteiger partial charge >= 0.3 is 0 Å². The van der Waals surface area contributed by atoms with Crippen LogP contribution in [0.4, 0.5) is 0 Å². The van der Waals surface area contributed by atoms with E-state index in [2.05, 4.69) is 22.0 Å². The van der Waals surface area contributed by atoms with Crippen molar-refractivity contribution in [2.24, 2.45) is 16.7 Å². The zero-order valence-corrected chi connectivity index (χ0v) is 17.7. The molecular weight excluding hydrogens is 368 g/mol. The van der Waals surface area contributed by atoms with Crippen molar-refractivity contribution in [2.45, 2.75) is 45.4 Å². The van der Waals surface area contributed by atoms with E-state index in [1.807, 2.05) is 4.90 Å². The highest BCUT2D eigenvalue weighted by molar-refractivity contribution is 5.92. The molecule has 158 valence electrons. The summed E-state index contributed by atoms with van der Waals surface area (Å²) in [4.78, 5) is 32.8. The Morgan fingerprint density at radius 2 is 1.79 bits per heavy atom. The first kappa shape index (κ1) is 19.1. The number of hydrogen-bond donors (Lipinski definition) is 0. The van der Waals surface area contributed by atoms with Crippen LogP contribution in [0.1, 0.15) is 54.8 Å². The zero-order chi connectivity index (χ0) is 20.2. The summed E-state index contributed by atoms with van der Waals surface area (Å²) >= 11 is 0. The number of likely N-dealkylation sites (tertiary alicyclic amines) is 3. The van der Waals surface area contributed by atoms with Crippen molar-refractivity contribution in [1.82, 2.24) is 19.9 Å². The summed E-state index contributed by atoms with van der Waals surface area (Å²) < 4.78 is 5.08. The summed E-state index contributed by atoms with van der Waals surface area (Å²) in [6.45, 7) is 7.08. The molecule has 2 atom stereocenters. The number of nitrogens with zero attached hydrogens (tertiary/aromatic N) is 4. The Hall–Kier alpha value is -1.89. The molecule has 1 saturated carbocycles. The average molecular weight is 401 g/mol. The van der Waals surface area contributed by atoms with Gasteiger partial charge in [-0.15, -0.1) is 0 Å².